The molecule has 84 heavy (non-hydrogen) atoms. The van der Waals surface area contributed by atoms with E-state index in [1.165, 1.54) is 110 Å². The Morgan fingerprint density at radius 3 is 0.714 bits per heavy atom. The van der Waals surface area contributed by atoms with Gasteiger partial charge in [-0.3, -0.25) is 0 Å². The molecule has 0 unspecified atom stereocenters. The number of hydrogen-bond acceptors (Lipinski definition) is 2. The van der Waals surface area contributed by atoms with Gasteiger partial charge in [0.25, 0.3) is 0 Å². The molecule has 0 heterocycles. The summed E-state index contributed by atoms with van der Waals surface area (Å²) in [5.41, 5.74) is 20.6. The molecule has 0 spiro atoms. The summed E-state index contributed by atoms with van der Waals surface area (Å²) in [6, 6.07) is 124. The zero-order valence-corrected chi connectivity index (χ0v) is 46.2. The van der Waals surface area contributed by atoms with E-state index in [4.69, 9.17) is 0 Å². The van der Waals surface area contributed by atoms with E-state index in [-0.39, 0.29) is 0 Å². The maximum atomic E-state index is 2.46. The Morgan fingerprint density at radius 2 is 0.405 bits per heavy atom. The summed E-state index contributed by atoms with van der Waals surface area (Å²) in [7, 11) is 0. The predicted octanol–water partition coefficient (Wildman–Crippen LogP) is 23.2. The van der Waals surface area contributed by atoms with Crippen molar-refractivity contribution < 1.29 is 0 Å². The second kappa shape index (κ2) is 21.8. The molecule has 2 nitrogen and oxygen atoms in total. The first kappa shape index (κ1) is 49.9. The van der Waals surface area contributed by atoms with Gasteiger partial charge in [-0.05, 0) is 183 Å². The van der Waals surface area contributed by atoms with E-state index in [2.05, 4.69) is 350 Å². The van der Waals surface area contributed by atoms with Gasteiger partial charge in [0.1, 0.15) is 0 Å². The summed E-state index contributed by atoms with van der Waals surface area (Å²) in [6.45, 7) is 0. The van der Waals surface area contributed by atoms with Crippen molar-refractivity contribution >= 4 is 77.2 Å². The van der Waals surface area contributed by atoms with Crippen molar-refractivity contribution in [2.45, 2.75) is 0 Å². The van der Waals surface area contributed by atoms with Crippen LogP contribution in [-0.4, -0.2) is 0 Å². The fraction of sp³-hybridized carbons (Fsp3) is 0. The summed E-state index contributed by atoms with van der Waals surface area (Å²) in [5.74, 6) is 0. The predicted molar refractivity (Wildman–Crippen MR) is 358 cm³/mol. The smallest absolute Gasteiger partial charge is 0.0468 e. The summed E-state index contributed by atoms with van der Waals surface area (Å²) >= 11 is 0. The Balaban J connectivity index is 1.00. The van der Waals surface area contributed by atoms with Crippen LogP contribution < -0.4 is 9.80 Å². The first-order valence-corrected chi connectivity index (χ1v) is 28.9. The maximum absolute atomic E-state index is 2.46. The quantitative estimate of drug-likeness (QED) is 0.113. The van der Waals surface area contributed by atoms with Crippen LogP contribution in [0, 0.1) is 0 Å². The van der Waals surface area contributed by atoms with Crippen molar-refractivity contribution in [2.24, 2.45) is 0 Å². The Kier molecular flexibility index (Phi) is 12.9. The molecule has 394 valence electrons. The Labute approximate surface area is 490 Å². The first-order valence-electron chi connectivity index (χ1n) is 28.9. The molecule has 0 fully saturated rings. The van der Waals surface area contributed by atoms with Crippen LogP contribution in [0.1, 0.15) is 0 Å². The number of anilines is 6. The second-order valence-corrected chi connectivity index (χ2v) is 21.6. The van der Waals surface area contributed by atoms with Crippen LogP contribution in [0.5, 0.6) is 0 Å². The molecule has 0 aromatic heterocycles. The van der Waals surface area contributed by atoms with E-state index in [0.29, 0.717) is 0 Å². The second-order valence-electron chi connectivity index (χ2n) is 21.6. The van der Waals surface area contributed by atoms with Gasteiger partial charge < -0.3 is 9.80 Å². The van der Waals surface area contributed by atoms with Gasteiger partial charge >= 0.3 is 0 Å². The minimum absolute atomic E-state index is 1.06. The average molecular weight is 1070 g/mol. The van der Waals surface area contributed by atoms with Crippen molar-refractivity contribution in [3.63, 3.8) is 0 Å². The molecule has 0 atom stereocenters. The van der Waals surface area contributed by atoms with Crippen molar-refractivity contribution in [3.05, 3.63) is 340 Å². The third-order valence-electron chi connectivity index (χ3n) is 16.6. The molecule has 0 aliphatic carbocycles. The largest absolute Gasteiger partial charge is 0.310 e. The highest BCUT2D eigenvalue weighted by molar-refractivity contribution is 6.26. The molecular formula is C82H56N2. The van der Waals surface area contributed by atoms with Crippen molar-refractivity contribution in [1.29, 1.82) is 0 Å². The molecular weight excluding hydrogens is 1010 g/mol. The van der Waals surface area contributed by atoms with Crippen LogP contribution in [0.3, 0.4) is 0 Å². The molecule has 15 rings (SSSR count). The average Bonchev–Trinajstić information content (AvgIpc) is 1.34. The molecule has 0 aliphatic rings. The standard InChI is InChI=1S/C82H56N2/c1-5-19-57(20-6-1)61-35-43-67(44-36-61)83(68-45-37-62(38-46-68)58-21-7-2-8-22-58)71-51-53-77-79(55-71)81(75-33-17-29-65-27-13-15-31-73(65)75)78-54-52-72(56-80(78)82(77)76-34-18-30-66-28-14-16-32-74(66)76)84(69-47-39-63(40-48-69)59-23-9-3-10-24-59)70-49-41-64(42-50-70)60-25-11-4-12-26-60/h1-56H. The van der Waals surface area contributed by atoms with E-state index in [1.54, 1.807) is 0 Å². The molecule has 0 saturated heterocycles. The summed E-state index contributed by atoms with van der Waals surface area (Å²) < 4.78 is 0. The lowest BCUT2D eigenvalue weighted by atomic mass is 9.83. The molecule has 0 radical (unpaired) electrons. The van der Waals surface area contributed by atoms with Crippen LogP contribution in [0.25, 0.3) is 110 Å². The number of rotatable bonds is 12. The minimum atomic E-state index is 1.06. The molecule has 2 heteroatoms. The summed E-state index contributed by atoms with van der Waals surface area (Å²) in [4.78, 5) is 4.84. The normalized spacial score (nSPS) is 11.3. The van der Waals surface area contributed by atoms with E-state index in [9.17, 15) is 0 Å². The fourth-order valence-corrected chi connectivity index (χ4v) is 12.6. The summed E-state index contributed by atoms with van der Waals surface area (Å²) in [5, 5.41) is 9.50. The van der Waals surface area contributed by atoms with Crippen molar-refractivity contribution in [2.75, 3.05) is 9.80 Å². The van der Waals surface area contributed by atoms with E-state index < -0.39 is 0 Å². The van der Waals surface area contributed by atoms with Crippen LogP contribution in [0.2, 0.25) is 0 Å². The highest BCUT2D eigenvalue weighted by Gasteiger charge is 2.24. The van der Waals surface area contributed by atoms with Crippen LogP contribution in [-0.2, 0) is 0 Å². The Morgan fingerprint density at radius 1 is 0.155 bits per heavy atom. The lowest BCUT2D eigenvalue weighted by Crippen LogP contribution is -2.10. The van der Waals surface area contributed by atoms with E-state index in [0.717, 1.165) is 34.1 Å². The fourth-order valence-electron chi connectivity index (χ4n) is 12.6. The first-order chi connectivity index (χ1) is 41.7. The van der Waals surface area contributed by atoms with Crippen molar-refractivity contribution in [1.82, 2.24) is 0 Å². The zero-order chi connectivity index (χ0) is 55.8. The molecule has 15 aromatic carbocycles. The molecule has 0 saturated carbocycles. The van der Waals surface area contributed by atoms with Gasteiger partial charge in [-0.15, -0.1) is 0 Å². The van der Waals surface area contributed by atoms with E-state index in [1.807, 2.05) is 0 Å². The van der Waals surface area contributed by atoms with Gasteiger partial charge in [0.05, 0.1) is 0 Å². The highest BCUT2D eigenvalue weighted by atomic mass is 15.1. The highest BCUT2D eigenvalue weighted by Crippen LogP contribution is 2.51. The molecule has 0 bridgehead atoms. The lowest BCUT2D eigenvalue weighted by molar-refractivity contribution is 1.29. The number of hydrogen-bond donors (Lipinski definition) is 0. The summed E-state index contributed by atoms with van der Waals surface area (Å²) in [6.07, 6.45) is 0. The van der Waals surface area contributed by atoms with Gasteiger partial charge in [-0.25, -0.2) is 0 Å². The Hall–Kier alpha value is -11.1. The SMILES string of the molecule is c1ccc(-c2ccc(N(c3ccc(-c4ccccc4)cc3)c3ccc4c(-c5cccc6ccccc56)c5cc(N(c6ccc(-c7ccccc7)cc6)c6ccc(-c7ccccc7)cc6)ccc5c(-c5cccc6ccccc56)c4c3)cc2)cc1. The van der Waals surface area contributed by atoms with Gasteiger partial charge in [0.2, 0.25) is 0 Å². The third kappa shape index (κ3) is 9.32. The monoisotopic (exact) mass is 1070 g/mol. The van der Waals surface area contributed by atoms with E-state index >= 15 is 0 Å². The van der Waals surface area contributed by atoms with Crippen molar-refractivity contribution in [3.8, 4) is 66.8 Å². The van der Waals surface area contributed by atoms with Crippen LogP contribution >= 0.6 is 0 Å². The molecule has 0 amide bonds. The number of nitrogens with zero attached hydrogens (tertiary/aromatic N) is 2. The maximum Gasteiger partial charge on any atom is 0.0468 e. The lowest BCUT2D eigenvalue weighted by Gasteiger charge is -2.29. The molecule has 15 aromatic rings. The minimum Gasteiger partial charge on any atom is -0.310 e. The van der Waals surface area contributed by atoms with Gasteiger partial charge in [0.15, 0.2) is 0 Å². The van der Waals surface area contributed by atoms with Gasteiger partial charge in [0, 0.05) is 34.1 Å². The zero-order valence-electron chi connectivity index (χ0n) is 46.2. The number of fused-ring (bicyclic) bond motifs is 4. The topological polar surface area (TPSA) is 6.48 Å². The number of benzene rings is 15. The van der Waals surface area contributed by atoms with Crippen LogP contribution in [0.4, 0.5) is 34.1 Å². The molecule has 0 N–H and O–H groups in total. The van der Waals surface area contributed by atoms with Gasteiger partial charge in [-0.2, -0.15) is 0 Å². The van der Waals surface area contributed by atoms with Gasteiger partial charge in [-0.1, -0.05) is 267 Å². The Bertz CT molecular complexity index is 4340. The molecule has 0 aliphatic heterocycles. The third-order valence-corrected chi connectivity index (χ3v) is 16.6. The van der Waals surface area contributed by atoms with Crippen LogP contribution in [0.15, 0.2) is 340 Å².